The standard InChI is InChI=1S/C18H30N2O/c1-4-6-10-15(5-2)13-20-18(21)14(3)17(19)16-11-8-7-9-12-16/h7-9,11-12,14-15,17H,4-6,10,13,19H2,1-3H3,(H,20,21). The molecular weight excluding hydrogens is 260 g/mol. The second kappa shape index (κ2) is 9.56. The third-order valence-corrected chi connectivity index (χ3v) is 4.24. The molecule has 1 rings (SSSR count). The molecule has 0 spiro atoms. The van der Waals surface area contributed by atoms with Crippen LogP contribution in [0.1, 0.15) is 58.1 Å². The lowest BCUT2D eigenvalue weighted by Crippen LogP contribution is -2.37. The minimum Gasteiger partial charge on any atom is -0.356 e. The normalized spacial score (nSPS) is 15.2. The van der Waals surface area contributed by atoms with Gasteiger partial charge >= 0.3 is 0 Å². The molecule has 0 bridgehead atoms. The van der Waals surface area contributed by atoms with E-state index in [9.17, 15) is 4.79 Å². The molecule has 1 aromatic carbocycles. The van der Waals surface area contributed by atoms with Crippen LogP contribution in [0.25, 0.3) is 0 Å². The summed E-state index contributed by atoms with van der Waals surface area (Å²) in [6.07, 6.45) is 4.74. The topological polar surface area (TPSA) is 55.1 Å². The maximum absolute atomic E-state index is 12.3. The summed E-state index contributed by atoms with van der Waals surface area (Å²) in [6.45, 7) is 7.05. The van der Waals surface area contributed by atoms with Gasteiger partial charge in [0.15, 0.2) is 0 Å². The van der Waals surface area contributed by atoms with E-state index in [0.717, 1.165) is 18.5 Å². The highest BCUT2D eigenvalue weighted by molar-refractivity contribution is 5.79. The molecule has 3 unspecified atom stereocenters. The van der Waals surface area contributed by atoms with Crippen molar-refractivity contribution in [3.63, 3.8) is 0 Å². The van der Waals surface area contributed by atoms with E-state index in [4.69, 9.17) is 5.73 Å². The number of hydrogen-bond acceptors (Lipinski definition) is 2. The van der Waals surface area contributed by atoms with Crippen LogP contribution in [-0.4, -0.2) is 12.5 Å². The third kappa shape index (κ3) is 5.88. The average molecular weight is 290 g/mol. The molecule has 3 heteroatoms. The van der Waals surface area contributed by atoms with Gasteiger partial charge in [0.25, 0.3) is 0 Å². The SMILES string of the molecule is CCCCC(CC)CNC(=O)C(C)C(N)c1ccccc1. The molecule has 0 saturated heterocycles. The molecule has 1 aromatic rings. The molecule has 3 atom stereocenters. The van der Waals surface area contributed by atoms with Crippen LogP contribution in [0, 0.1) is 11.8 Å². The van der Waals surface area contributed by atoms with Crippen molar-refractivity contribution in [1.82, 2.24) is 5.32 Å². The van der Waals surface area contributed by atoms with Gasteiger partial charge in [-0.15, -0.1) is 0 Å². The van der Waals surface area contributed by atoms with Crippen molar-refractivity contribution in [2.75, 3.05) is 6.54 Å². The van der Waals surface area contributed by atoms with Gasteiger partial charge in [-0.05, 0) is 17.9 Å². The van der Waals surface area contributed by atoms with Gasteiger partial charge in [-0.3, -0.25) is 4.79 Å². The number of hydrogen-bond donors (Lipinski definition) is 2. The molecule has 0 aliphatic rings. The van der Waals surface area contributed by atoms with Crippen LogP contribution in [0.2, 0.25) is 0 Å². The van der Waals surface area contributed by atoms with Crippen molar-refractivity contribution in [2.45, 2.75) is 52.5 Å². The Balaban J connectivity index is 2.47. The molecule has 1 amide bonds. The Morgan fingerprint density at radius 2 is 1.90 bits per heavy atom. The summed E-state index contributed by atoms with van der Waals surface area (Å²) in [4.78, 5) is 12.3. The predicted molar refractivity (Wildman–Crippen MR) is 88.9 cm³/mol. The fourth-order valence-electron chi connectivity index (χ4n) is 2.48. The van der Waals surface area contributed by atoms with Crippen molar-refractivity contribution in [3.05, 3.63) is 35.9 Å². The Bertz CT molecular complexity index is 405. The molecule has 21 heavy (non-hydrogen) atoms. The number of carbonyl (C=O) groups excluding carboxylic acids is 1. The first kappa shape index (κ1) is 17.7. The molecule has 0 heterocycles. The van der Waals surface area contributed by atoms with Crippen LogP contribution in [-0.2, 0) is 4.79 Å². The van der Waals surface area contributed by atoms with Gasteiger partial charge in [0.05, 0.1) is 5.92 Å². The molecule has 118 valence electrons. The Kier molecular flexibility index (Phi) is 8.06. The van der Waals surface area contributed by atoms with E-state index in [0.29, 0.717) is 5.92 Å². The Labute approximate surface area is 129 Å². The minimum atomic E-state index is -0.248. The zero-order valence-electron chi connectivity index (χ0n) is 13.6. The van der Waals surface area contributed by atoms with Crippen molar-refractivity contribution < 1.29 is 4.79 Å². The lowest BCUT2D eigenvalue weighted by atomic mass is 9.94. The molecule has 3 N–H and O–H groups in total. The van der Waals surface area contributed by atoms with Gasteiger partial charge in [0.2, 0.25) is 5.91 Å². The first-order valence-corrected chi connectivity index (χ1v) is 8.18. The minimum absolute atomic E-state index is 0.0568. The predicted octanol–water partition coefficient (Wildman–Crippen LogP) is 3.66. The summed E-state index contributed by atoms with van der Waals surface area (Å²) in [7, 11) is 0. The van der Waals surface area contributed by atoms with Gasteiger partial charge < -0.3 is 11.1 Å². The van der Waals surface area contributed by atoms with Gasteiger partial charge in [-0.25, -0.2) is 0 Å². The number of benzene rings is 1. The van der Waals surface area contributed by atoms with Crippen LogP contribution < -0.4 is 11.1 Å². The van der Waals surface area contributed by atoms with Gasteiger partial charge in [0.1, 0.15) is 0 Å². The van der Waals surface area contributed by atoms with Gasteiger partial charge in [-0.1, -0.05) is 70.4 Å². The Morgan fingerprint density at radius 1 is 1.24 bits per heavy atom. The average Bonchev–Trinajstić information content (AvgIpc) is 2.54. The van der Waals surface area contributed by atoms with Crippen LogP contribution in [0.3, 0.4) is 0 Å². The highest BCUT2D eigenvalue weighted by Gasteiger charge is 2.22. The smallest absolute Gasteiger partial charge is 0.224 e. The number of rotatable bonds is 9. The maximum atomic E-state index is 12.3. The van der Waals surface area contributed by atoms with Gasteiger partial charge in [-0.2, -0.15) is 0 Å². The van der Waals surface area contributed by atoms with Crippen LogP contribution in [0.15, 0.2) is 30.3 Å². The highest BCUT2D eigenvalue weighted by Crippen LogP contribution is 2.19. The molecule has 0 aliphatic heterocycles. The second-order valence-corrected chi connectivity index (χ2v) is 5.89. The first-order chi connectivity index (χ1) is 10.1. The molecule has 0 aliphatic carbocycles. The van der Waals surface area contributed by atoms with Gasteiger partial charge in [0, 0.05) is 12.6 Å². The second-order valence-electron chi connectivity index (χ2n) is 5.89. The van der Waals surface area contributed by atoms with Crippen LogP contribution in [0.4, 0.5) is 0 Å². The number of carbonyl (C=O) groups is 1. The fraction of sp³-hybridized carbons (Fsp3) is 0.611. The fourth-order valence-corrected chi connectivity index (χ4v) is 2.48. The summed E-state index contributed by atoms with van der Waals surface area (Å²) in [6, 6.07) is 9.58. The largest absolute Gasteiger partial charge is 0.356 e. The van der Waals surface area contributed by atoms with E-state index in [-0.39, 0.29) is 17.9 Å². The number of nitrogens with one attached hydrogen (secondary N) is 1. The number of nitrogens with two attached hydrogens (primary N) is 1. The van der Waals surface area contributed by atoms with E-state index in [1.54, 1.807) is 0 Å². The number of unbranched alkanes of at least 4 members (excludes halogenated alkanes) is 1. The molecule has 0 aromatic heterocycles. The molecule has 0 saturated carbocycles. The van der Waals surface area contributed by atoms with Crippen molar-refractivity contribution >= 4 is 5.91 Å². The monoisotopic (exact) mass is 290 g/mol. The Morgan fingerprint density at radius 3 is 2.48 bits per heavy atom. The first-order valence-electron chi connectivity index (χ1n) is 8.18. The highest BCUT2D eigenvalue weighted by atomic mass is 16.1. The summed E-state index contributed by atoms with van der Waals surface area (Å²) in [5.74, 6) is 0.423. The number of amides is 1. The lowest BCUT2D eigenvalue weighted by molar-refractivity contribution is -0.125. The van der Waals surface area contributed by atoms with Crippen molar-refractivity contribution in [2.24, 2.45) is 17.6 Å². The lowest BCUT2D eigenvalue weighted by Gasteiger charge is -2.22. The van der Waals surface area contributed by atoms with E-state index >= 15 is 0 Å². The molecule has 0 fully saturated rings. The summed E-state index contributed by atoms with van der Waals surface area (Å²) in [5, 5.41) is 3.07. The molecule has 3 nitrogen and oxygen atoms in total. The van der Waals surface area contributed by atoms with Crippen molar-refractivity contribution in [3.8, 4) is 0 Å². The van der Waals surface area contributed by atoms with E-state index < -0.39 is 0 Å². The molecular formula is C18H30N2O. The van der Waals surface area contributed by atoms with Crippen LogP contribution >= 0.6 is 0 Å². The summed E-state index contributed by atoms with van der Waals surface area (Å²) < 4.78 is 0. The van der Waals surface area contributed by atoms with Crippen LogP contribution in [0.5, 0.6) is 0 Å². The van der Waals surface area contributed by atoms with E-state index in [1.807, 2.05) is 37.3 Å². The third-order valence-electron chi connectivity index (χ3n) is 4.24. The zero-order valence-corrected chi connectivity index (χ0v) is 13.6. The molecule has 0 radical (unpaired) electrons. The maximum Gasteiger partial charge on any atom is 0.224 e. The van der Waals surface area contributed by atoms with Crippen molar-refractivity contribution in [1.29, 1.82) is 0 Å². The van der Waals surface area contributed by atoms with E-state index in [2.05, 4.69) is 19.2 Å². The Hall–Kier alpha value is -1.35. The summed E-state index contributed by atoms with van der Waals surface area (Å²) in [5.41, 5.74) is 7.21. The van der Waals surface area contributed by atoms with E-state index in [1.165, 1.54) is 19.3 Å². The quantitative estimate of drug-likeness (QED) is 0.729. The zero-order chi connectivity index (χ0) is 15.7. The summed E-state index contributed by atoms with van der Waals surface area (Å²) >= 11 is 0.